The number of nitro groups is 1. The molecule has 0 heterocycles. The molecular formula is C12H17NO2. The maximum absolute atomic E-state index is 10.6. The van der Waals surface area contributed by atoms with Crippen LogP contribution in [0.4, 0.5) is 5.69 Å². The van der Waals surface area contributed by atoms with E-state index in [0.717, 1.165) is 12.0 Å². The summed E-state index contributed by atoms with van der Waals surface area (Å²) >= 11 is 0. The van der Waals surface area contributed by atoms with Crippen LogP contribution in [-0.4, -0.2) is 4.92 Å². The molecule has 0 amide bonds. The Morgan fingerprint density at radius 2 is 2.07 bits per heavy atom. The minimum Gasteiger partial charge on any atom is -0.258 e. The third-order valence-corrected chi connectivity index (χ3v) is 2.75. The van der Waals surface area contributed by atoms with E-state index in [1.54, 1.807) is 12.1 Å². The Morgan fingerprint density at radius 1 is 1.40 bits per heavy atom. The first kappa shape index (κ1) is 11.7. The van der Waals surface area contributed by atoms with Crippen molar-refractivity contribution in [3.05, 3.63) is 39.9 Å². The molecule has 0 spiro atoms. The zero-order chi connectivity index (χ0) is 11.4. The summed E-state index contributed by atoms with van der Waals surface area (Å²) in [6, 6.07) is 6.96. The van der Waals surface area contributed by atoms with Crippen molar-refractivity contribution in [2.45, 2.75) is 33.1 Å². The van der Waals surface area contributed by atoms with Crippen molar-refractivity contribution >= 4 is 5.69 Å². The summed E-state index contributed by atoms with van der Waals surface area (Å²) in [7, 11) is 0. The van der Waals surface area contributed by atoms with Crippen LogP contribution in [0.25, 0.3) is 0 Å². The van der Waals surface area contributed by atoms with Gasteiger partial charge in [-0.25, -0.2) is 0 Å². The van der Waals surface area contributed by atoms with Crippen molar-refractivity contribution in [3.8, 4) is 0 Å². The number of nitrogens with zero attached hydrogens (tertiary/aromatic N) is 1. The van der Waals surface area contributed by atoms with Gasteiger partial charge in [-0.15, -0.1) is 0 Å². The summed E-state index contributed by atoms with van der Waals surface area (Å²) < 4.78 is 0. The number of nitro benzene ring substituents is 1. The van der Waals surface area contributed by atoms with E-state index < -0.39 is 0 Å². The predicted molar refractivity (Wildman–Crippen MR) is 61.0 cm³/mol. The second-order valence-electron chi connectivity index (χ2n) is 4.11. The van der Waals surface area contributed by atoms with Crippen LogP contribution in [0.15, 0.2) is 24.3 Å². The maximum atomic E-state index is 10.6. The molecule has 1 atom stereocenters. The summed E-state index contributed by atoms with van der Waals surface area (Å²) in [5.41, 5.74) is 1.26. The number of hydrogen-bond donors (Lipinski definition) is 0. The molecule has 1 unspecified atom stereocenters. The van der Waals surface area contributed by atoms with Gasteiger partial charge < -0.3 is 0 Å². The van der Waals surface area contributed by atoms with Gasteiger partial charge in [-0.1, -0.05) is 32.9 Å². The van der Waals surface area contributed by atoms with Crippen LogP contribution in [0.3, 0.4) is 0 Å². The van der Waals surface area contributed by atoms with Crippen LogP contribution in [0.2, 0.25) is 0 Å². The van der Waals surface area contributed by atoms with Crippen LogP contribution in [0.1, 0.15) is 38.7 Å². The molecule has 3 nitrogen and oxygen atoms in total. The van der Waals surface area contributed by atoms with E-state index in [0.29, 0.717) is 11.8 Å². The Labute approximate surface area is 90.3 Å². The smallest absolute Gasteiger partial charge is 0.258 e. The first-order valence-corrected chi connectivity index (χ1v) is 5.30. The number of rotatable bonds is 4. The summed E-state index contributed by atoms with van der Waals surface area (Å²) in [5.74, 6) is 0.918. The summed E-state index contributed by atoms with van der Waals surface area (Å²) in [6.45, 7) is 6.41. The zero-order valence-corrected chi connectivity index (χ0v) is 9.43. The molecule has 1 rings (SSSR count). The van der Waals surface area contributed by atoms with Crippen molar-refractivity contribution in [1.29, 1.82) is 0 Å². The minimum atomic E-state index is -0.337. The van der Waals surface area contributed by atoms with E-state index >= 15 is 0 Å². The van der Waals surface area contributed by atoms with Crippen molar-refractivity contribution in [3.63, 3.8) is 0 Å². The first-order chi connectivity index (χ1) is 7.06. The van der Waals surface area contributed by atoms with Gasteiger partial charge in [0, 0.05) is 12.1 Å². The van der Waals surface area contributed by atoms with Gasteiger partial charge in [0.05, 0.1) is 4.92 Å². The molecule has 0 aliphatic heterocycles. The Balaban J connectivity index is 3.03. The Kier molecular flexibility index (Phi) is 3.83. The molecule has 0 saturated heterocycles. The third kappa shape index (κ3) is 2.78. The highest BCUT2D eigenvalue weighted by atomic mass is 16.6. The molecule has 1 aromatic carbocycles. The lowest BCUT2D eigenvalue weighted by Crippen LogP contribution is -2.05. The van der Waals surface area contributed by atoms with Crippen molar-refractivity contribution in [2.75, 3.05) is 0 Å². The predicted octanol–water partition coefficient (Wildman–Crippen LogP) is 3.74. The highest BCUT2D eigenvalue weighted by Gasteiger charge is 2.16. The molecule has 0 aliphatic carbocycles. The standard InChI is InChI=1S/C12H17NO2/c1-4-12(9(2)3)10-6-5-7-11(8-10)13(14)15/h5-9,12H,4H2,1-3H3. The quantitative estimate of drug-likeness (QED) is 0.557. The monoisotopic (exact) mass is 207 g/mol. The summed E-state index contributed by atoms with van der Waals surface area (Å²) in [6.07, 6.45) is 1.01. The summed E-state index contributed by atoms with van der Waals surface area (Å²) in [5, 5.41) is 10.6. The zero-order valence-electron chi connectivity index (χ0n) is 9.43. The average Bonchev–Trinajstić information content (AvgIpc) is 2.18. The SMILES string of the molecule is CCC(c1cccc([N+](=O)[O-])c1)C(C)C. The molecule has 0 fully saturated rings. The van der Waals surface area contributed by atoms with Crippen molar-refractivity contribution < 1.29 is 4.92 Å². The lowest BCUT2D eigenvalue weighted by Gasteiger charge is -2.18. The molecule has 0 aliphatic rings. The van der Waals surface area contributed by atoms with Crippen LogP contribution in [0.5, 0.6) is 0 Å². The van der Waals surface area contributed by atoms with E-state index in [1.165, 1.54) is 6.07 Å². The van der Waals surface area contributed by atoms with E-state index in [1.807, 2.05) is 6.07 Å². The van der Waals surface area contributed by atoms with Gasteiger partial charge in [-0.05, 0) is 23.8 Å². The Morgan fingerprint density at radius 3 is 2.53 bits per heavy atom. The second kappa shape index (κ2) is 4.91. The molecule has 0 radical (unpaired) electrons. The number of benzene rings is 1. The van der Waals surface area contributed by atoms with E-state index in [4.69, 9.17) is 0 Å². The van der Waals surface area contributed by atoms with Gasteiger partial charge in [0.1, 0.15) is 0 Å². The molecule has 3 heteroatoms. The Bertz CT molecular complexity index is 347. The van der Waals surface area contributed by atoms with Gasteiger partial charge in [0.15, 0.2) is 0 Å². The lowest BCUT2D eigenvalue weighted by molar-refractivity contribution is -0.384. The molecule has 0 saturated carbocycles. The van der Waals surface area contributed by atoms with Crippen LogP contribution in [0, 0.1) is 16.0 Å². The third-order valence-electron chi connectivity index (χ3n) is 2.75. The molecule has 15 heavy (non-hydrogen) atoms. The second-order valence-corrected chi connectivity index (χ2v) is 4.11. The van der Waals surface area contributed by atoms with Gasteiger partial charge in [0.25, 0.3) is 5.69 Å². The van der Waals surface area contributed by atoms with Crippen LogP contribution < -0.4 is 0 Å². The highest BCUT2D eigenvalue weighted by Crippen LogP contribution is 2.29. The lowest BCUT2D eigenvalue weighted by atomic mass is 9.86. The number of non-ortho nitro benzene ring substituents is 1. The first-order valence-electron chi connectivity index (χ1n) is 5.30. The molecule has 0 N–H and O–H groups in total. The normalized spacial score (nSPS) is 12.8. The maximum Gasteiger partial charge on any atom is 0.269 e. The van der Waals surface area contributed by atoms with E-state index in [9.17, 15) is 10.1 Å². The van der Waals surface area contributed by atoms with Gasteiger partial charge in [-0.2, -0.15) is 0 Å². The number of hydrogen-bond acceptors (Lipinski definition) is 2. The highest BCUT2D eigenvalue weighted by molar-refractivity contribution is 5.36. The fraction of sp³-hybridized carbons (Fsp3) is 0.500. The molecule has 0 bridgehead atoms. The molecule has 0 aromatic heterocycles. The largest absolute Gasteiger partial charge is 0.269 e. The molecular weight excluding hydrogens is 190 g/mol. The van der Waals surface area contributed by atoms with Crippen molar-refractivity contribution in [2.24, 2.45) is 5.92 Å². The summed E-state index contributed by atoms with van der Waals surface area (Å²) in [4.78, 5) is 10.3. The fourth-order valence-corrected chi connectivity index (χ4v) is 1.96. The van der Waals surface area contributed by atoms with E-state index in [2.05, 4.69) is 20.8 Å². The molecule has 1 aromatic rings. The minimum absolute atomic E-state index is 0.187. The van der Waals surface area contributed by atoms with Gasteiger partial charge in [0.2, 0.25) is 0 Å². The van der Waals surface area contributed by atoms with Crippen LogP contribution >= 0.6 is 0 Å². The molecule has 82 valence electrons. The van der Waals surface area contributed by atoms with Gasteiger partial charge >= 0.3 is 0 Å². The average molecular weight is 207 g/mol. The fourth-order valence-electron chi connectivity index (χ4n) is 1.96. The van der Waals surface area contributed by atoms with Crippen molar-refractivity contribution in [1.82, 2.24) is 0 Å². The van der Waals surface area contributed by atoms with Crippen LogP contribution in [-0.2, 0) is 0 Å². The van der Waals surface area contributed by atoms with E-state index in [-0.39, 0.29) is 10.6 Å². The van der Waals surface area contributed by atoms with Gasteiger partial charge in [-0.3, -0.25) is 10.1 Å². The Hall–Kier alpha value is -1.38. The topological polar surface area (TPSA) is 43.1 Å².